The average Bonchev–Trinajstić information content (AvgIpc) is 2.37. The van der Waals surface area contributed by atoms with E-state index in [1.807, 2.05) is 0 Å². The number of carboxylic acids is 1. The first-order chi connectivity index (χ1) is 9.08. The molecule has 106 valence electrons. The molecule has 19 heavy (non-hydrogen) atoms. The average molecular weight is 271 g/mol. The molecule has 1 rings (SSSR count). The summed E-state index contributed by atoms with van der Waals surface area (Å²) < 4.78 is 23.6. The molecule has 0 aliphatic rings. The summed E-state index contributed by atoms with van der Waals surface area (Å²) in [6.07, 6.45) is -0.0758. The maximum absolute atomic E-state index is 13.4. The number of halogens is 1. The third kappa shape index (κ3) is 4.94. The van der Waals surface area contributed by atoms with E-state index in [-0.39, 0.29) is 11.7 Å². The number of methoxy groups -OCH3 is 2. The predicted octanol–water partition coefficient (Wildman–Crippen LogP) is 1.27. The lowest BCUT2D eigenvalue weighted by Gasteiger charge is -2.15. The molecule has 1 atom stereocenters. The normalized spacial score (nSPS) is 12.4. The maximum atomic E-state index is 13.4. The zero-order chi connectivity index (χ0) is 14.3. The summed E-state index contributed by atoms with van der Waals surface area (Å²) in [5.74, 6) is -2.00. The van der Waals surface area contributed by atoms with Crippen LogP contribution in [0.25, 0.3) is 0 Å². The minimum Gasteiger partial charge on any atom is -0.478 e. The highest BCUT2D eigenvalue weighted by molar-refractivity contribution is 5.87. The van der Waals surface area contributed by atoms with Gasteiger partial charge in [0.25, 0.3) is 0 Å². The predicted molar refractivity (Wildman–Crippen MR) is 67.7 cm³/mol. The molecule has 0 aliphatic carbocycles. The lowest BCUT2D eigenvalue weighted by atomic mass is 10.1. The van der Waals surface area contributed by atoms with Crippen molar-refractivity contribution in [2.45, 2.75) is 12.6 Å². The molecule has 0 amide bonds. The number of rotatable bonds is 8. The summed E-state index contributed by atoms with van der Waals surface area (Å²) in [5, 5.41) is 11.8. The number of hydrogen-bond donors (Lipinski definition) is 2. The van der Waals surface area contributed by atoms with Gasteiger partial charge in [0.15, 0.2) is 0 Å². The van der Waals surface area contributed by atoms with Crippen LogP contribution in [0.4, 0.5) is 4.39 Å². The standard InChI is InChI=1S/C13H18FNO4/c1-18-8-10(19-2)7-15-6-9-3-4-11(13(16)17)12(14)5-9/h3-5,10,15H,6-8H2,1-2H3,(H,16,17). The first kappa shape index (κ1) is 15.6. The largest absolute Gasteiger partial charge is 0.478 e. The van der Waals surface area contributed by atoms with Crippen molar-refractivity contribution >= 4 is 5.97 Å². The second-order valence-electron chi connectivity index (χ2n) is 4.06. The molecule has 2 N–H and O–H groups in total. The lowest BCUT2D eigenvalue weighted by molar-refractivity contribution is 0.0288. The van der Waals surface area contributed by atoms with Crippen molar-refractivity contribution in [1.29, 1.82) is 0 Å². The van der Waals surface area contributed by atoms with Crippen molar-refractivity contribution in [2.75, 3.05) is 27.4 Å². The topological polar surface area (TPSA) is 67.8 Å². The summed E-state index contributed by atoms with van der Waals surface area (Å²) >= 11 is 0. The zero-order valence-corrected chi connectivity index (χ0v) is 11.0. The van der Waals surface area contributed by atoms with Gasteiger partial charge < -0.3 is 19.9 Å². The second kappa shape index (κ2) is 7.83. The number of ether oxygens (including phenoxy) is 2. The Bertz CT molecular complexity index is 425. The molecule has 0 aromatic heterocycles. The molecule has 0 saturated heterocycles. The van der Waals surface area contributed by atoms with Gasteiger partial charge in [0, 0.05) is 27.3 Å². The Morgan fingerprint density at radius 3 is 2.74 bits per heavy atom. The third-order valence-electron chi connectivity index (χ3n) is 2.65. The van der Waals surface area contributed by atoms with E-state index in [2.05, 4.69) is 5.32 Å². The van der Waals surface area contributed by atoms with Gasteiger partial charge in [-0.3, -0.25) is 0 Å². The molecule has 6 heteroatoms. The fourth-order valence-electron chi connectivity index (χ4n) is 1.62. The lowest BCUT2D eigenvalue weighted by Crippen LogP contribution is -2.31. The van der Waals surface area contributed by atoms with Crippen LogP contribution in [-0.4, -0.2) is 44.6 Å². The molecule has 1 aromatic rings. The zero-order valence-electron chi connectivity index (χ0n) is 11.0. The van der Waals surface area contributed by atoms with E-state index >= 15 is 0 Å². The van der Waals surface area contributed by atoms with Crippen molar-refractivity contribution in [2.24, 2.45) is 0 Å². The minimum atomic E-state index is -1.27. The Labute approximate surface area is 111 Å². The van der Waals surface area contributed by atoms with Gasteiger partial charge in [-0.05, 0) is 17.7 Å². The van der Waals surface area contributed by atoms with Gasteiger partial charge in [0.2, 0.25) is 0 Å². The van der Waals surface area contributed by atoms with Crippen LogP contribution in [0, 0.1) is 5.82 Å². The van der Waals surface area contributed by atoms with Crippen molar-refractivity contribution < 1.29 is 23.8 Å². The summed E-state index contributed by atoms with van der Waals surface area (Å²) in [4.78, 5) is 10.7. The SMILES string of the molecule is COCC(CNCc1ccc(C(=O)O)c(F)c1)OC. The smallest absolute Gasteiger partial charge is 0.338 e. The first-order valence-corrected chi connectivity index (χ1v) is 5.82. The summed E-state index contributed by atoms with van der Waals surface area (Å²) in [5.41, 5.74) is 0.354. The molecular formula is C13H18FNO4. The Morgan fingerprint density at radius 1 is 1.47 bits per heavy atom. The minimum absolute atomic E-state index is 0.0758. The summed E-state index contributed by atoms with van der Waals surface area (Å²) in [7, 11) is 3.18. The fraction of sp³-hybridized carbons (Fsp3) is 0.462. The number of benzene rings is 1. The highest BCUT2D eigenvalue weighted by Crippen LogP contribution is 2.10. The van der Waals surface area contributed by atoms with Gasteiger partial charge in [-0.1, -0.05) is 6.07 Å². The summed E-state index contributed by atoms with van der Waals surface area (Å²) in [6, 6.07) is 4.06. The molecular weight excluding hydrogens is 253 g/mol. The number of nitrogens with one attached hydrogen (secondary N) is 1. The van der Waals surface area contributed by atoms with Crippen LogP contribution >= 0.6 is 0 Å². The van der Waals surface area contributed by atoms with Crippen molar-refractivity contribution in [3.8, 4) is 0 Å². The van der Waals surface area contributed by atoms with Gasteiger partial charge in [0.05, 0.1) is 18.3 Å². The van der Waals surface area contributed by atoms with Crippen LogP contribution in [-0.2, 0) is 16.0 Å². The molecule has 0 spiro atoms. The first-order valence-electron chi connectivity index (χ1n) is 5.82. The van der Waals surface area contributed by atoms with Crippen molar-refractivity contribution in [1.82, 2.24) is 5.32 Å². The van der Waals surface area contributed by atoms with Gasteiger partial charge in [-0.2, -0.15) is 0 Å². The molecule has 0 radical (unpaired) electrons. The molecule has 1 unspecified atom stereocenters. The summed E-state index contributed by atoms with van der Waals surface area (Å²) in [6.45, 7) is 1.46. The van der Waals surface area contributed by atoms with Gasteiger partial charge in [-0.15, -0.1) is 0 Å². The monoisotopic (exact) mass is 271 g/mol. The highest BCUT2D eigenvalue weighted by Gasteiger charge is 2.11. The Balaban J connectivity index is 2.50. The Morgan fingerprint density at radius 2 is 2.21 bits per heavy atom. The van der Waals surface area contributed by atoms with E-state index in [1.54, 1.807) is 20.3 Å². The van der Waals surface area contributed by atoms with E-state index in [4.69, 9.17) is 14.6 Å². The van der Waals surface area contributed by atoms with E-state index < -0.39 is 11.8 Å². The van der Waals surface area contributed by atoms with Crippen LogP contribution in [0.3, 0.4) is 0 Å². The van der Waals surface area contributed by atoms with Crippen LogP contribution in [0.2, 0.25) is 0 Å². The van der Waals surface area contributed by atoms with Crippen LogP contribution in [0.5, 0.6) is 0 Å². The van der Waals surface area contributed by atoms with Gasteiger partial charge in [-0.25, -0.2) is 9.18 Å². The molecule has 0 fully saturated rings. The second-order valence-corrected chi connectivity index (χ2v) is 4.06. The molecule has 0 saturated carbocycles. The van der Waals surface area contributed by atoms with Crippen molar-refractivity contribution in [3.63, 3.8) is 0 Å². The van der Waals surface area contributed by atoms with E-state index in [1.165, 1.54) is 12.1 Å². The fourth-order valence-corrected chi connectivity index (χ4v) is 1.62. The van der Waals surface area contributed by atoms with Crippen LogP contribution < -0.4 is 5.32 Å². The quantitative estimate of drug-likeness (QED) is 0.745. The van der Waals surface area contributed by atoms with Crippen LogP contribution in [0.15, 0.2) is 18.2 Å². The van der Waals surface area contributed by atoms with E-state index in [0.717, 1.165) is 0 Å². The Hall–Kier alpha value is -1.50. The highest BCUT2D eigenvalue weighted by atomic mass is 19.1. The number of aromatic carboxylic acids is 1. The molecule has 0 aliphatic heterocycles. The molecule has 1 aromatic carbocycles. The number of carboxylic acid groups (broad SMARTS) is 1. The Kier molecular flexibility index (Phi) is 6.41. The third-order valence-corrected chi connectivity index (χ3v) is 2.65. The molecule has 5 nitrogen and oxygen atoms in total. The molecule has 0 heterocycles. The number of hydrogen-bond acceptors (Lipinski definition) is 4. The van der Waals surface area contributed by atoms with Crippen LogP contribution in [0.1, 0.15) is 15.9 Å². The maximum Gasteiger partial charge on any atom is 0.338 e. The van der Waals surface area contributed by atoms with Gasteiger partial charge in [0.1, 0.15) is 5.82 Å². The van der Waals surface area contributed by atoms with E-state index in [9.17, 15) is 9.18 Å². The van der Waals surface area contributed by atoms with Crippen molar-refractivity contribution in [3.05, 3.63) is 35.1 Å². The van der Waals surface area contributed by atoms with E-state index in [0.29, 0.717) is 25.3 Å². The van der Waals surface area contributed by atoms with Gasteiger partial charge >= 0.3 is 5.97 Å². The molecule has 0 bridgehead atoms. The number of carbonyl (C=O) groups is 1.